The normalized spacial score (nSPS) is 10.0. The Morgan fingerprint density at radius 1 is 1.32 bits per heavy atom. The highest BCUT2D eigenvalue weighted by atomic mass is 35.5. The lowest BCUT2D eigenvalue weighted by Gasteiger charge is -2.05. The molecule has 0 atom stereocenters. The first kappa shape index (κ1) is 13.5. The smallest absolute Gasteiger partial charge is 0.283 e. The van der Waals surface area contributed by atoms with Gasteiger partial charge in [0.2, 0.25) is 0 Å². The number of thiazole rings is 1. The molecule has 98 valence electrons. The Balaban J connectivity index is 1.99. The standard InChI is InChI=1S/C12H10ClN3O2S/c1-7-6-19-12(14-7)16-11(18)15-10(17)8-4-2-3-5-9(8)13/h2-6H,1H3,(H2,14,15,16,17,18). The number of halogens is 1. The van der Waals surface area contributed by atoms with E-state index >= 15 is 0 Å². The summed E-state index contributed by atoms with van der Waals surface area (Å²) in [5.41, 5.74) is 1.05. The van der Waals surface area contributed by atoms with Crippen LogP contribution < -0.4 is 10.6 Å². The first-order chi connectivity index (χ1) is 9.06. The maximum Gasteiger partial charge on any atom is 0.327 e. The van der Waals surface area contributed by atoms with Gasteiger partial charge in [-0.25, -0.2) is 9.78 Å². The van der Waals surface area contributed by atoms with E-state index in [1.54, 1.807) is 29.6 Å². The zero-order valence-corrected chi connectivity index (χ0v) is 11.5. The fourth-order valence-electron chi connectivity index (χ4n) is 1.36. The van der Waals surface area contributed by atoms with Crippen molar-refractivity contribution in [3.63, 3.8) is 0 Å². The van der Waals surface area contributed by atoms with Gasteiger partial charge in [-0.05, 0) is 19.1 Å². The monoisotopic (exact) mass is 295 g/mol. The minimum absolute atomic E-state index is 0.245. The second kappa shape index (κ2) is 5.81. The summed E-state index contributed by atoms with van der Waals surface area (Å²) in [6.45, 7) is 1.81. The summed E-state index contributed by atoms with van der Waals surface area (Å²) >= 11 is 7.15. The summed E-state index contributed by atoms with van der Waals surface area (Å²) < 4.78 is 0. The summed E-state index contributed by atoms with van der Waals surface area (Å²) in [6, 6.07) is 5.86. The molecule has 0 saturated carbocycles. The van der Waals surface area contributed by atoms with Gasteiger partial charge in [0.25, 0.3) is 5.91 Å². The fraction of sp³-hybridized carbons (Fsp3) is 0.0833. The molecule has 1 aromatic carbocycles. The van der Waals surface area contributed by atoms with Crippen molar-refractivity contribution in [1.29, 1.82) is 0 Å². The molecule has 19 heavy (non-hydrogen) atoms. The lowest BCUT2D eigenvalue weighted by Crippen LogP contribution is -2.34. The molecule has 1 heterocycles. The minimum atomic E-state index is -0.640. The van der Waals surface area contributed by atoms with E-state index in [2.05, 4.69) is 15.6 Å². The van der Waals surface area contributed by atoms with Crippen LogP contribution in [0.5, 0.6) is 0 Å². The summed E-state index contributed by atoms with van der Waals surface area (Å²) in [5.74, 6) is -0.559. The number of urea groups is 1. The number of rotatable bonds is 2. The predicted octanol–water partition coefficient (Wildman–Crippen LogP) is 3.07. The van der Waals surface area contributed by atoms with E-state index in [4.69, 9.17) is 11.6 Å². The van der Waals surface area contributed by atoms with E-state index in [-0.39, 0.29) is 10.6 Å². The largest absolute Gasteiger partial charge is 0.327 e. The molecule has 0 radical (unpaired) electrons. The molecule has 3 amide bonds. The molecule has 0 spiro atoms. The number of carbonyl (C=O) groups excluding carboxylic acids is 2. The third kappa shape index (κ3) is 3.52. The average molecular weight is 296 g/mol. The minimum Gasteiger partial charge on any atom is -0.283 e. The second-order valence-electron chi connectivity index (χ2n) is 3.68. The Morgan fingerprint density at radius 2 is 2.05 bits per heavy atom. The second-order valence-corrected chi connectivity index (χ2v) is 4.95. The number of hydrogen-bond acceptors (Lipinski definition) is 4. The molecular formula is C12H10ClN3O2S. The van der Waals surface area contributed by atoms with Crippen LogP contribution in [-0.4, -0.2) is 16.9 Å². The summed E-state index contributed by atoms with van der Waals surface area (Å²) in [5, 5.41) is 7.18. The number of amides is 3. The SMILES string of the molecule is Cc1csc(NC(=O)NC(=O)c2ccccc2Cl)n1. The number of nitrogens with zero attached hydrogens (tertiary/aromatic N) is 1. The highest BCUT2D eigenvalue weighted by Gasteiger charge is 2.13. The van der Waals surface area contributed by atoms with Gasteiger partial charge in [-0.15, -0.1) is 11.3 Å². The zero-order valence-electron chi connectivity index (χ0n) is 9.94. The highest BCUT2D eigenvalue weighted by Crippen LogP contribution is 2.15. The molecule has 0 bridgehead atoms. The third-order valence-corrected chi connectivity index (χ3v) is 3.39. The summed E-state index contributed by atoms with van der Waals surface area (Å²) in [6.07, 6.45) is 0. The van der Waals surface area contributed by atoms with Crippen molar-refractivity contribution in [3.8, 4) is 0 Å². The molecule has 0 aliphatic rings. The van der Waals surface area contributed by atoms with E-state index in [9.17, 15) is 9.59 Å². The van der Waals surface area contributed by atoms with Crippen molar-refractivity contribution >= 4 is 40.0 Å². The lowest BCUT2D eigenvalue weighted by molar-refractivity contribution is 0.0967. The van der Waals surface area contributed by atoms with Crippen LogP contribution >= 0.6 is 22.9 Å². The maximum atomic E-state index is 11.8. The van der Waals surface area contributed by atoms with Gasteiger partial charge in [-0.3, -0.25) is 15.4 Å². The van der Waals surface area contributed by atoms with Gasteiger partial charge < -0.3 is 0 Å². The topological polar surface area (TPSA) is 71.1 Å². The summed E-state index contributed by atoms with van der Waals surface area (Å²) in [7, 11) is 0. The molecule has 1 aromatic heterocycles. The van der Waals surface area contributed by atoms with Crippen LogP contribution in [-0.2, 0) is 0 Å². The molecular weight excluding hydrogens is 286 g/mol. The highest BCUT2D eigenvalue weighted by molar-refractivity contribution is 7.13. The Hall–Kier alpha value is -1.92. The van der Waals surface area contributed by atoms with Crippen LogP contribution in [0, 0.1) is 6.92 Å². The first-order valence-electron chi connectivity index (χ1n) is 5.35. The van der Waals surface area contributed by atoms with E-state index in [1.165, 1.54) is 11.3 Å². The van der Waals surface area contributed by atoms with Crippen molar-refractivity contribution in [1.82, 2.24) is 10.3 Å². The van der Waals surface area contributed by atoms with E-state index < -0.39 is 11.9 Å². The van der Waals surface area contributed by atoms with Crippen LogP contribution in [0.15, 0.2) is 29.6 Å². The van der Waals surface area contributed by atoms with Crippen LogP contribution in [0.1, 0.15) is 16.1 Å². The molecule has 7 heteroatoms. The number of anilines is 1. The van der Waals surface area contributed by atoms with E-state index in [0.29, 0.717) is 5.13 Å². The molecule has 2 rings (SSSR count). The van der Waals surface area contributed by atoms with Gasteiger partial charge in [-0.2, -0.15) is 0 Å². The van der Waals surface area contributed by atoms with Gasteiger partial charge in [-0.1, -0.05) is 23.7 Å². The van der Waals surface area contributed by atoms with Crippen molar-refractivity contribution in [2.75, 3.05) is 5.32 Å². The lowest BCUT2D eigenvalue weighted by atomic mass is 10.2. The van der Waals surface area contributed by atoms with Gasteiger partial charge in [0.15, 0.2) is 5.13 Å². The number of nitrogens with one attached hydrogen (secondary N) is 2. The third-order valence-electron chi connectivity index (χ3n) is 2.19. The van der Waals surface area contributed by atoms with E-state index in [0.717, 1.165) is 5.69 Å². The van der Waals surface area contributed by atoms with Crippen LogP contribution in [0.25, 0.3) is 0 Å². The molecule has 0 unspecified atom stereocenters. The van der Waals surface area contributed by atoms with Crippen LogP contribution in [0.2, 0.25) is 5.02 Å². The molecule has 2 N–H and O–H groups in total. The zero-order chi connectivity index (χ0) is 13.8. The number of benzene rings is 1. The molecule has 2 aromatic rings. The van der Waals surface area contributed by atoms with Gasteiger partial charge in [0.1, 0.15) is 0 Å². The quantitative estimate of drug-likeness (QED) is 0.894. The Kier molecular flexibility index (Phi) is 4.13. The van der Waals surface area contributed by atoms with Gasteiger partial charge in [0, 0.05) is 5.38 Å². The predicted molar refractivity (Wildman–Crippen MR) is 74.8 cm³/mol. The average Bonchev–Trinajstić information content (AvgIpc) is 2.74. The van der Waals surface area contributed by atoms with Gasteiger partial charge >= 0.3 is 6.03 Å². The van der Waals surface area contributed by atoms with Crippen LogP contribution in [0.4, 0.5) is 9.93 Å². The van der Waals surface area contributed by atoms with E-state index in [1.807, 2.05) is 6.92 Å². The maximum absolute atomic E-state index is 11.8. The van der Waals surface area contributed by atoms with Crippen molar-refractivity contribution in [3.05, 3.63) is 45.9 Å². The van der Waals surface area contributed by atoms with Gasteiger partial charge in [0.05, 0.1) is 16.3 Å². The van der Waals surface area contributed by atoms with Crippen molar-refractivity contribution in [2.45, 2.75) is 6.92 Å². The number of carbonyl (C=O) groups is 2. The number of aromatic nitrogens is 1. The Morgan fingerprint density at radius 3 is 2.68 bits per heavy atom. The van der Waals surface area contributed by atoms with Crippen molar-refractivity contribution in [2.24, 2.45) is 0 Å². The fourth-order valence-corrected chi connectivity index (χ4v) is 2.26. The number of imide groups is 1. The molecule has 5 nitrogen and oxygen atoms in total. The van der Waals surface area contributed by atoms with Crippen LogP contribution in [0.3, 0.4) is 0 Å². The Labute approximate surface area is 118 Å². The first-order valence-corrected chi connectivity index (χ1v) is 6.61. The molecule has 0 aliphatic carbocycles. The van der Waals surface area contributed by atoms with Crippen molar-refractivity contribution < 1.29 is 9.59 Å². The number of hydrogen-bond donors (Lipinski definition) is 2. The molecule has 0 aliphatic heterocycles. The molecule has 0 fully saturated rings. The summed E-state index contributed by atoms with van der Waals surface area (Å²) in [4.78, 5) is 27.5. The Bertz CT molecular complexity index is 627. The number of aryl methyl sites for hydroxylation is 1. The molecule has 0 saturated heterocycles.